The molecule has 2 atom stereocenters. The summed E-state index contributed by atoms with van der Waals surface area (Å²) in [4.78, 5) is 2.37. The van der Waals surface area contributed by atoms with Crippen molar-refractivity contribution in [3.63, 3.8) is 0 Å². The van der Waals surface area contributed by atoms with E-state index in [0.29, 0.717) is 0 Å². The first-order chi connectivity index (χ1) is 5.53. The summed E-state index contributed by atoms with van der Waals surface area (Å²) in [5.41, 5.74) is -0.423. The van der Waals surface area contributed by atoms with Gasteiger partial charge in [0, 0.05) is 19.6 Å². The van der Waals surface area contributed by atoms with Crippen LogP contribution in [-0.2, 0) is 0 Å². The Morgan fingerprint density at radius 3 is 2.67 bits per heavy atom. The number of aliphatic hydroxyl groups is 1. The molecule has 0 radical (unpaired) electrons. The minimum Gasteiger partial charge on any atom is -0.389 e. The van der Waals surface area contributed by atoms with Gasteiger partial charge in [0.15, 0.2) is 0 Å². The molecule has 1 fully saturated rings. The zero-order valence-electron chi connectivity index (χ0n) is 8.51. The lowest BCUT2D eigenvalue weighted by Crippen LogP contribution is -2.32. The molecule has 1 rings (SSSR count). The average molecular weight is 171 g/mol. The van der Waals surface area contributed by atoms with E-state index in [9.17, 15) is 5.11 Å². The van der Waals surface area contributed by atoms with Gasteiger partial charge in [-0.05, 0) is 19.3 Å². The standard InChI is InChI=1S/C10H21NO/c1-4-9(2)7-11-6-5-10(3,12)8-11/h9,12H,4-8H2,1-3H3. The van der Waals surface area contributed by atoms with Crippen LogP contribution in [0.4, 0.5) is 0 Å². The third-order valence-electron chi connectivity index (χ3n) is 2.80. The van der Waals surface area contributed by atoms with E-state index >= 15 is 0 Å². The van der Waals surface area contributed by atoms with E-state index in [4.69, 9.17) is 0 Å². The number of β-amino-alcohol motifs (C(OH)–C–C–N with tert-alkyl or cyclic N) is 1. The van der Waals surface area contributed by atoms with Crippen LogP contribution in [-0.4, -0.2) is 35.2 Å². The molecule has 0 aromatic rings. The fourth-order valence-electron chi connectivity index (χ4n) is 1.76. The van der Waals surface area contributed by atoms with Crippen LogP contribution < -0.4 is 0 Å². The molecule has 1 N–H and O–H groups in total. The maximum atomic E-state index is 9.71. The van der Waals surface area contributed by atoms with Crippen molar-refractivity contribution in [1.82, 2.24) is 4.90 Å². The number of hydrogen-bond acceptors (Lipinski definition) is 2. The van der Waals surface area contributed by atoms with Gasteiger partial charge in [-0.2, -0.15) is 0 Å². The van der Waals surface area contributed by atoms with E-state index in [0.717, 1.165) is 32.0 Å². The van der Waals surface area contributed by atoms with E-state index in [-0.39, 0.29) is 0 Å². The van der Waals surface area contributed by atoms with Gasteiger partial charge in [-0.15, -0.1) is 0 Å². The molecule has 0 aliphatic carbocycles. The molecular weight excluding hydrogens is 150 g/mol. The van der Waals surface area contributed by atoms with Crippen molar-refractivity contribution in [2.75, 3.05) is 19.6 Å². The van der Waals surface area contributed by atoms with Gasteiger partial charge in [0.25, 0.3) is 0 Å². The zero-order chi connectivity index (χ0) is 9.19. The van der Waals surface area contributed by atoms with Crippen LogP contribution in [0, 0.1) is 5.92 Å². The molecule has 1 heterocycles. The van der Waals surface area contributed by atoms with E-state index in [1.807, 2.05) is 6.92 Å². The van der Waals surface area contributed by atoms with Crippen LogP contribution in [0.3, 0.4) is 0 Å². The fourth-order valence-corrected chi connectivity index (χ4v) is 1.76. The minimum atomic E-state index is -0.423. The highest BCUT2D eigenvalue weighted by Gasteiger charge is 2.31. The second-order valence-electron chi connectivity index (χ2n) is 4.50. The predicted octanol–water partition coefficient (Wildman–Crippen LogP) is 1.49. The quantitative estimate of drug-likeness (QED) is 0.695. The molecule has 72 valence electrons. The number of likely N-dealkylation sites (tertiary alicyclic amines) is 1. The maximum absolute atomic E-state index is 9.71. The number of rotatable bonds is 3. The highest BCUT2D eigenvalue weighted by Crippen LogP contribution is 2.21. The molecule has 0 saturated carbocycles. The van der Waals surface area contributed by atoms with Gasteiger partial charge in [-0.1, -0.05) is 20.3 Å². The maximum Gasteiger partial charge on any atom is 0.0758 e. The van der Waals surface area contributed by atoms with Crippen molar-refractivity contribution in [3.8, 4) is 0 Å². The third kappa shape index (κ3) is 2.76. The second kappa shape index (κ2) is 3.75. The van der Waals surface area contributed by atoms with Gasteiger partial charge in [0.2, 0.25) is 0 Å². The topological polar surface area (TPSA) is 23.5 Å². The van der Waals surface area contributed by atoms with Crippen LogP contribution in [0.2, 0.25) is 0 Å². The minimum absolute atomic E-state index is 0.423. The molecule has 2 nitrogen and oxygen atoms in total. The van der Waals surface area contributed by atoms with Crippen molar-refractivity contribution in [1.29, 1.82) is 0 Å². The molecule has 0 aromatic heterocycles. The molecule has 0 spiro atoms. The Kier molecular flexibility index (Phi) is 3.13. The van der Waals surface area contributed by atoms with Gasteiger partial charge >= 0.3 is 0 Å². The molecule has 2 heteroatoms. The fraction of sp³-hybridized carbons (Fsp3) is 1.00. The molecular formula is C10H21NO. The van der Waals surface area contributed by atoms with Crippen LogP contribution in [0.1, 0.15) is 33.6 Å². The Labute approximate surface area is 75.6 Å². The van der Waals surface area contributed by atoms with E-state index < -0.39 is 5.60 Å². The molecule has 12 heavy (non-hydrogen) atoms. The summed E-state index contributed by atoms with van der Waals surface area (Å²) < 4.78 is 0. The summed E-state index contributed by atoms with van der Waals surface area (Å²) in [5.74, 6) is 0.763. The van der Waals surface area contributed by atoms with E-state index in [1.54, 1.807) is 0 Å². The SMILES string of the molecule is CCC(C)CN1CCC(C)(O)C1. The summed E-state index contributed by atoms with van der Waals surface area (Å²) in [6.45, 7) is 9.50. The van der Waals surface area contributed by atoms with Crippen molar-refractivity contribution >= 4 is 0 Å². The lowest BCUT2D eigenvalue weighted by Gasteiger charge is -2.21. The van der Waals surface area contributed by atoms with Crippen molar-refractivity contribution in [2.24, 2.45) is 5.92 Å². The van der Waals surface area contributed by atoms with E-state index in [1.165, 1.54) is 6.42 Å². The zero-order valence-corrected chi connectivity index (χ0v) is 8.51. The van der Waals surface area contributed by atoms with Crippen LogP contribution in [0.15, 0.2) is 0 Å². The Morgan fingerprint density at radius 2 is 2.25 bits per heavy atom. The highest BCUT2D eigenvalue weighted by molar-refractivity contribution is 4.86. The number of hydrogen-bond donors (Lipinski definition) is 1. The molecule has 0 aromatic carbocycles. The molecule has 0 amide bonds. The Hall–Kier alpha value is -0.0800. The van der Waals surface area contributed by atoms with E-state index in [2.05, 4.69) is 18.7 Å². The summed E-state index contributed by atoms with van der Waals surface area (Å²) in [6.07, 6.45) is 2.17. The lowest BCUT2D eigenvalue weighted by atomic mass is 10.1. The van der Waals surface area contributed by atoms with Gasteiger partial charge in [0.1, 0.15) is 0 Å². The molecule has 1 saturated heterocycles. The van der Waals surface area contributed by atoms with Crippen molar-refractivity contribution < 1.29 is 5.11 Å². The molecule has 0 bridgehead atoms. The summed E-state index contributed by atoms with van der Waals surface area (Å²) in [5, 5.41) is 9.71. The first-order valence-corrected chi connectivity index (χ1v) is 4.98. The van der Waals surface area contributed by atoms with Gasteiger partial charge in [-0.3, -0.25) is 0 Å². The summed E-state index contributed by atoms with van der Waals surface area (Å²) >= 11 is 0. The van der Waals surface area contributed by atoms with Gasteiger partial charge < -0.3 is 10.0 Å². The Morgan fingerprint density at radius 1 is 1.58 bits per heavy atom. The van der Waals surface area contributed by atoms with Crippen LogP contribution in [0.5, 0.6) is 0 Å². The predicted molar refractivity (Wildman–Crippen MR) is 51.1 cm³/mol. The number of nitrogens with zero attached hydrogens (tertiary/aromatic N) is 1. The van der Waals surface area contributed by atoms with Crippen molar-refractivity contribution in [3.05, 3.63) is 0 Å². The normalized spacial score (nSPS) is 34.0. The Bertz CT molecular complexity index is 145. The molecule has 1 aliphatic rings. The highest BCUT2D eigenvalue weighted by atomic mass is 16.3. The van der Waals surface area contributed by atoms with Crippen molar-refractivity contribution in [2.45, 2.75) is 39.2 Å². The smallest absolute Gasteiger partial charge is 0.0758 e. The summed E-state index contributed by atoms with van der Waals surface area (Å²) in [7, 11) is 0. The first-order valence-electron chi connectivity index (χ1n) is 4.98. The Balaban J connectivity index is 2.28. The first kappa shape index (κ1) is 10.0. The summed E-state index contributed by atoms with van der Waals surface area (Å²) in [6, 6.07) is 0. The van der Waals surface area contributed by atoms with Crippen LogP contribution in [0.25, 0.3) is 0 Å². The lowest BCUT2D eigenvalue weighted by molar-refractivity contribution is 0.0669. The molecule has 1 aliphatic heterocycles. The largest absolute Gasteiger partial charge is 0.389 e. The average Bonchev–Trinajstić information content (AvgIpc) is 2.30. The second-order valence-corrected chi connectivity index (χ2v) is 4.50. The van der Waals surface area contributed by atoms with Gasteiger partial charge in [-0.25, -0.2) is 0 Å². The molecule has 2 unspecified atom stereocenters. The monoisotopic (exact) mass is 171 g/mol. The van der Waals surface area contributed by atoms with Crippen LogP contribution >= 0.6 is 0 Å². The third-order valence-corrected chi connectivity index (χ3v) is 2.80. The van der Waals surface area contributed by atoms with Gasteiger partial charge in [0.05, 0.1) is 5.60 Å².